The highest BCUT2D eigenvalue weighted by atomic mass is 16.5. The maximum absolute atomic E-state index is 11.5. The van der Waals surface area contributed by atoms with Gasteiger partial charge in [0.15, 0.2) is 6.10 Å². The van der Waals surface area contributed by atoms with E-state index in [2.05, 4.69) is 13.8 Å². The zero-order chi connectivity index (χ0) is 16.2. The fourth-order valence-corrected chi connectivity index (χ4v) is 2.44. The Morgan fingerprint density at radius 2 is 1.90 bits per heavy atom. The average Bonchev–Trinajstić information content (AvgIpc) is 2.34. The molecule has 0 aliphatic carbocycles. The Kier molecular flexibility index (Phi) is 6.21. The Morgan fingerprint density at radius 3 is 2.38 bits per heavy atom. The third kappa shape index (κ3) is 5.05. The van der Waals surface area contributed by atoms with Crippen LogP contribution in [0.2, 0.25) is 0 Å². The number of rotatable bonds is 7. The van der Waals surface area contributed by atoms with Crippen molar-refractivity contribution in [3.8, 4) is 5.75 Å². The zero-order valence-electron chi connectivity index (χ0n) is 13.9. The number of aryl methyl sites for hydroxylation is 1. The van der Waals surface area contributed by atoms with E-state index in [1.165, 1.54) is 0 Å². The molecule has 1 aromatic rings. The summed E-state index contributed by atoms with van der Waals surface area (Å²) in [5.41, 5.74) is 2.11. The third-order valence-electron chi connectivity index (χ3n) is 3.46. The summed E-state index contributed by atoms with van der Waals surface area (Å²) in [6.45, 7) is 8.71. The van der Waals surface area contributed by atoms with Crippen LogP contribution >= 0.6 is 0 Å². The molecule has 1 aromatic carbocycles. The summed E-state index contributed by atoms with van der Waals surface area (Å²) in [5, 5.41) is 9.47. The second-order valence-electron chi connectivity index (χ2n) is 6.31. The van der Waals surface area contributed by atoms with Crippen LogP contribution in [0.25, 0.3) is 0 Å². The molecule has 2 atom stereocenters. The molecule has 4 heteroatoms. The Labute approximate surface area is 127 Å². The van der Waals surface area contributed by atoms with Gasteiger partial charge in [-0.2, -0.15) is 0 Å². The minimum Gasteiger partial charge on any atom is -0.478 e. The smallest absolute Gasteiger partial charge is 0.345 e. The van der Waals surface area contributed by atoms with Crippen molar-refractivity contribution in [2.45, 2.75) is 39.7 Å². The van der Waals surface area contributed by atoms with Gasteiger partial charge in [0.1, 0.15) is 5.75 Å². The first-order valence-electron chi connectivity index (χ1n) is 7.37. The summed E-state index contributed by atoms with van der Waals surface area (Å²) < 4.78 is 5.89. The molecule has 1 rings (SSSR count). The van der Waals surface area contributed by atoms with Crippen LogP contribution in [0, 0.1) is 12.8 Å². The third-order valence-corrected chi connectivity index (χ3v) is 3.46. The van der Waals surface area contributed by atoms with Crippen LogP contribution in [0.4, 0.5) is 0 Å². The first-order valence-corrected chi connectivity index (χ1v) is 7.37. The van der Waals surface area contributed by atoms with Crippen LogP contribution < -0.4 is 4.74 Å². The SMILES string of the molecule is Cc1ccc(C(C)C)c(OC(C(=O)O)C(C)CN(C)C)c1. The highest BCUT2D eigenvalue weighted by Crippen LogP contribution is 2.29. The van der Waals surface area contributed by atoms with Crippen LogP contribution in [0.1, 0.15) is 37.8 Å². The molecule has 21 heavy (non-hydrogen) atoms. The number of hydrogen-bond acceptors (Lipinski definition) is 3. The molecule has 118 valence electrons. The molecule has 0 aliphatic rings. The van der Waals surface area contributed by atoms with Gasteiger partial charge in [0, 0.05) is 12.5 Å². The van der Waals surface area contributed by atoms with Gasteiger partial charge in [0.25, 0.3) is 0 Å². The maximum Gasteiger partial charge on any atom is 0.345 e. The highest BCUT2D eigenvalue weighted by molar-refractivity contribution is 5.73. The maximum atomic E-state index is 11.5. The Bertz CT molecular complexity index is 483. The first-order chi connectivity index (χ1) is 9.72. The lowest BCUT2D eigenvalue weighted by atomic mass is 9.99. The van der Waals surface area contributed by atoms with Gasteiger partial charge in [-0.1, -0.05) is 32.9 Å². The van der Waals surface area contributed by atoms with E-state index in [9.17, 15) is 9.90 Å². The molecule has 2 unspecified atom stereocenters. The molecule has 0 heterocycles. The number of nitrogens with zero attached hydrogens (tertiary/aromatic N) is 1. The van der Waals surface area contributed by atoms with E-state index in [-0.39, 0.29) is 5.92 Å². The molecule has 0 aromatic heterocycles. The molecule has 0 spiro atoms. The molecule has 0 saturated heterocycles. The summed E-state index contributed by atoms with van der Waals surface area (Å²) in [5.74, 6) is -0.0409. The van der Waals surface area contributed by atoms with Crippen molar-refractivity contribution >= 4 is 5.97 Å². The summed E-state index contributed by atoms with van der Waals surface area (Å²) in [4.78, 5) is 13.5. The van der Waals surface area contributed by atoms with Crippen LogP contribution in [-0.2, 0) is 4.79 Å². The molecule has 1 N–H and O–H groups in total. The number of carboxylic acid groups (broad SMARTS) is 1. The predicted molar refractivity (Wildman–Crippen MR) is 85.0 cm³/mol. The molecule has 0 saturated carbocycles. The number of carboxylic acids is 1. The van der Waals surface area contributed by atoms with Gasteiger partial charge >= 0.3 is 5.97 Å². The lowest BCUT2D eigenvalue weighted by molar-refractivity contribution is -0.147. The van der Waals surface area contributed by atoms with Crippen molar-refractivity contribution in [2.75, 3.05) is 20.6 Å². The molecule has 4 nitrogen and oxygen atoms in total. The van der Waals surface area contributed by atoms with E-state index in [1.54, 1.807) is 0 Å². The van der Waals surface area contributed by atoms with E-state index in [1.807, 2.05) is 51.0 Å². The Morgan fingerprint density at radius 1 is 1.29 bits per heavy atom. The summed E-state index contributed by atoms with van der Waals surface area (Å²) >= 11 is 0. The summed E-state index contributed by atoms with van der Waals surface area (Å²) in [6.07, 6.45) is -0.841. The fourth-order valence-electron chi connectivity index (χ4n) is 2.44. The van der Waals surface area contributed by atoms with E-state index < -0.39 is 12.1 Å². The van der Waals surface area contributed by atoms with Crippen molar-refractivity contribution in [1.82, 2.24) is 4.90 Å². The van der Waals surface area contributed by atoms with Crippen LogP contribution in [0.3, 0.4) is 0 Å². The molecular formula is C17H27NO3. The van der Waals surface area contributed by atoms with Gasteiger partial charge in [-0.3, -0.25) is 0 Å². The molecular weight excluding hydrogens is 266 g/mol. The second-order valence-corrected chi connectivity index (χ2v) is 6.31. The zero-order valence-corrected chi connectivity index (χ0v) is 13.9. The average molecular weight is 293 g/mol. The van der Waals surface area contributed by atoms with Gasteiger partial charge < -0.3 is 14.7 Å². The van der Waals surface area contributed by atoms with E-state index in [4.69, 9.17) is 4.74 Å². The monoisotopic (exact) mass is 293 g/mol. The van der Waals surface area contributed by atoms with Gasteiger partial charge in [0.2, 0.25) is 0 Å². The molecule has 0 aliphatic heterocycles. The fraction of sp³-hybridized carbons (Fsp3) is 0.588. The van der Waals surface area contributed by atoms with Crippen molar-refractivity contribution in [3.63, 3.8) is 0 Å². The van der Waals surface area contributed by atoms with Crippen molar-refractivity contribution < 1.29 is 14.6 Å². The van der Waals surface area contributed by atoms with Crippen LogP contribution in [0.5, 0.6) is 5.75 Å². The number of carbonyl (C=O) groups is 1. The molecule has 0 fully saturated rings. The van der Waals surface area contributed by atoms with E-state index >= 15 is 0 Å². The Balaban J connectivity index is 3.04. The predicted octanol–water partition coefficient (Wildman–Crippen LogP) is 3.15. The quantitative estimate of drug-likeness (QED) is 0.839. The number of aliphatic carboxylic acids is 1. The molecule has 0 bridgehead atoms. The van der Waals surface area contributed by atoms with Gasteiger partial charge in [-0.05, 0) is 44.1 Å². The second kappa shape index (κ2) is 7.46. The van der Waals surface area contributed by atoms with Crippen LogP contribution in [-0.4, -0.2) is 42.7 Å². The minimum absolute atomic E-state index is 0.0991. The molecule has 0 amide bonds. The van der Waals surface area contributed by atoms with E-state index in [0.717, 1.165) is 11.1 Å². The van der Waals surface area contributed by atoms with Crippen LogP contribution in [0.15, 0.2) is 18.2 Å². The lowest BCUT2D eigenvalue weighted by Gasteiger charge is -2.26. The van der Waals surface area contributed by atoms with Gasteiger partial charge in [-0.15, -0.1) is 0 Å². The number of ether oxygens (including phenoxy) is 1. The minimum atomic E-state index is -0.916. The highest BCUT2D eigenvalue weighted by Gasteiger charge is 2.28. The van der Waals surface area contributed by atoms with Gasteiger partial charge in [-0.25, -0.2) is 4.79 Å². The van der Waals surface area contributed by atoms with Crippen molar-refractivity contribution in [3.05, 3.63) is 29.3 Å². The van der Waals surface area contributed by atoms with Crippen molar-refractivity contribution in [2.24, 2.45) is 5.92 Å². The first kappa shape index (κ1) is 17.5. The number of hydrogen-bond donors (Lipinski definition) is 1. The Hall–Kier alpha value is -1.55. The van der Waals surface area contributed by atoms with E-state index in [0.29, 0.717) is 18.2 Å². The van der Waals surface area contributed by atoms with Gasteiger partial charge in [0.05, 0.1) is 0 Å². The lowest BCUT2D eigenvalue weighted by Crippen LogP contribution is -2.39. The number of benzene rings is 1. The topological polar surface area (TPSA) is 49.8 Å². The largest absolute Gasteiger partial charge is 0.478 e. The standard InChI is InChI=1S/C17H27NO3/c1-11(2)14-8-7-12(3)9-15(14)21-16(17(19)20)13(4)10-18(5)6/h7-9,11,13,16H,10H2,1-6H3,(H,19,20). The normalized spacial score (nSPS) is 14.3. The summed E-state index contributed by atoms with van der Waals surface area (Å²) in [7, 11) is 3.86. The molecule has 0 radical (unpaired) electrons. The summed E-state index contributed by atoms with van der Waals surface area (Å²) in [6, 6.07) is 5.97. The van der Waals surface area contributed by atoms with Crippen molar-refractivity contribution in [1.29, 1.82) is 0 Å².